The van der Waals surface area contributed by atoms with Crippen LogP contribution < -0.4 is 10.6 Å². The van der Waals surface area contributed by atoms with Crippen molar-refractivity contribution in [1.82, 2.24) is 14.9 Å². The summed E-state index contributed by atoms with van der Waals surface area (Å²) < 4.78 is 0. The zero-order valence-electron chi connectivity index (χ0n) is 15.6. The summed E-state index contributed by atoms with van der Waals surface area (Å²) >= 11 is 6.28. The lowest BCUT2D eigenvalue weighted by molar-refractivity contribution is 0.405. The standard InChI is InChI=1S/C21H24ClN5/c1-27(2)14-8-13-23-21-25-19(16-9-4-3-5-10-16)15-20(26-21)24-18-12-7-6-11-17(18)22/h3-7,9-12,15H,8,13-14H2,1-2H3,(H2,23,24,25,26). The minimum atomic E-state index is 0.602. The van der Waals surface area contributed by atoms with E-state index < -0.39 is 0 Å². The van der Waals surface area contributed by atoms with Crippen LogP contribution in [0.1, 0.15) is 6.42 Å². The van der Waals surface area contributed by atoms with Crippen LogP contribution in [0.5, 0.6) is 0 Å². The fraction of sp³-hybridized carbons (Fsp3) is 0.238. The zero-order valence-corrected chi connectivity index (χ0v) is 16.4. The van der Waals surface area contributed by atoms with E-state index in [-0.39, 0.29) is 0 Å². The molecule has 0 aliphatic rings. The Hall–Kier alpha value is -2.63. The number of benzene rings is 2. The molecule has 0 amide bonds. The Morgan fingerprint density at radius 3 is 2.44 bits per heavy atom. The van der Waals surface area contributed by atoms with Gasteiger partial charge in [-0.15, -0.1) is 0 Å². The molecule has 0 aliphatic carbocycles. The third kappa shape index (κ3) is 5.67. The molecule has 5 nitrogen and oxygen atoms in total. The topological polar surface area (TPSA) is 53.1 Å². The Labute approximate surface area is 165 Å². The maximum absolute atomic E-state index is 6.28. The number of hydrogen-bond acceptors (Lipinski definition) is 5. The van der Waals surface area contributed by atoms with Crippen LogP contribution in [0.2, 0.25) is 5.02 Å². The Balaban J connectivity index is 1.85. The fourth-order valence-corrected chi connectivity index (χ4v) is 2.83. The summed E-state index contributed by atoms with van der Waals surface area (Å²) in [7, 11) is 4.14. The second-order valence-corrected chi connectivity index (χ2v) is 6.92. The highest BCUT2D eigenvalue weighted by atomic mass is 35.5. The van der Waals surface area contributed by atoms with Crippen molar-refractivity contribution in [2.75, 3.05) is 37.8 Å². The van der Waals surface area contributed by atoms with Crippen molar-refractivity contribution in [3.8, 4) is 11.3 Å². The second kappa shape index (κ2) is 9.35. The van der Waals surface area contributed by atoms with E-state index in [9.17, 15) is 0 Å². The minimum absolute atomic E-state index is 0.602. The van der Waals surface area contributed by atoms with Crippen molar-refractivity contribution >= 4 is 29.1 Å². The monoisotopic (exact) mass is 381 g/mol. The molecule has 3 aromatic rings. The van der Waals surface area contributed by atoms with E-state index in [2.05, 4.69) is 39.6 Å². The van der Waals surface area contributed by atoms with Crippen LogP contribution in [0, 0.1) is 0 Å². The molecule has 0 radical (unpaired) electrons. The van der Waals surface area contributed by atoms with Gasteiger partial charge in [-0.25, -0.2) is 4.98 Å². The number of aromatic nitrogens is 2. The van der Waals surface area contributed by atoms with E-state index in [1.54, 1.807) is 0 Å². The van der Waals surface area contributed by atoms with Crippen molar-refractivity contribution in [1.29, 1.82) is 0 Å². The zero-order chi connectivity index (χ0) is 19.1. The number of halogens is 1. The lowest BCUT2D eigenvalue weighted by Gasteiger charge is -2.13. The van der Waals surface area contributed by atoms with Crippen LogP contribution in [0.25, 0.3) is 11.3 Å². The predicted molar refractivity (Wildman–Crippen MR) is 114 cm³/mol. The molecule has 0 fully saturated rings. The van der Waals surface area contributed by atoms with Crippen molar-refractivity contribution in [3.05, 3.63) is 65.7 Å². The first-order valence-corrected chi connectivity index (χ1v) is 9.34. The predicted octanol–water partition coefficient (Wildman–Crippen LogP) is 4.90. The first-order valence-electron chi connectivity index (χ1n) is 8.96. The van der Waals surface area contributed by atoms with Crippen LogP contribution in [0.4, 0.5) is 17.5 Å². The molecular formula is C21H24ClN5. The van der Waals surface area contributed by atoms with Gasteiger partial charge in [-0.2, -0.15) is 4.98 Å². The number of para-hydroxylation sites is 1. The Morgan fingerprint density at radius 2 is 1.70 bits per heavy atom. The summed E-state index contributed by atoms with van der Waals surface area (Å²) in [5.41, 5.74) is 2.71. The molecule has 0 saturated heterocycles. The van der Waals surface area contributed by atoms with Crippen molar-refractivity contribution in [2.45, 2.75) is 6.42 Å². The third-order valence-electron chi connectivity index (χ3n) is 4.00. The highest BCUT2D eigenvalue weighted by Crippen LogP contribution is 2.27. The summed E-state index contributed by atoms with van der Waals surface area (Å²) in [6.07, 6.45) is 1.01. The van der Waals surface area contributed by atoms with E-state index >= 15 is 0 Å². The summed E-state index contributed by atoms with van der Waals surface area (Å²) in [5, 5.41) is 7.28. The van der Waals surface area contributed by atoms with Gasteiger partial charge in [0.1, 0.15) is 5.82 Å². The van der Waals surface area contributed by atoms with Crippen molar-refractivity contribution in [2.24, 2.45) is 0 Å². The van der Waals surface area contributed by atoms with Gasteiger partial charge >= 0.3 is 0 Å². The Morgan fingerprint density at radius 1 is 0.963 bits per heavy atom. The van der Waals surface area contributed by atoms with Crippen LogP contribution in [-0.4, -0.2) is 42.1 Å². The smallest absolute Gasteiger partial charge is 0.225 e. The van der Waals surface area contributed by atoms with Crippen molar-refractivity contribution < 1.29 is 0 Å². The van der Waals surface area contributed by atoms with Crippen molar-refractivity contribution in [3.63, 3.8) is 0 Å². The molecule has 0 unspecified atom stereocenters. The SMILES string of the molecule is CN(C)CCCNc1nc(Nc2ccccc2Cl)cc(-c2ccccc2)n1. The van der Waals surface area contributed by atoms with E-state index in [1.807, 2.05) is 60.7 Å². The molecule has 6 heteroatoms. The molecule has 2 N–H and O–H groups in total. The first kappa shape index (κ1) is 19.1. The van der Waals surface area contributed by atoms with Gasteiger partial charge < -0.3 is 15.5 Å². The van der Waals surface area contributed by atoms with Gasteiger partial charge in [0.25, 0.3) is 0 Å². The maximum atomic E-state index is 6.28. The minimum Gasteiger partial charge on any atom is -0.354 e. The summed E-state index contributed by atoms with van der Waals surface area (Å²) in [6.45, 7) is 1.82. The number of rotatable bonds is 8. The molecule has 0 aliphatic heterocycles. The van der Waals surface area contributed by atoms with Crippen LogP contribution in [-0.2, 0) is 0 Å². The fourth-order valence-electron chi connectivity index (χ4n) is 2.64. The Bertz CT molecular complexity index is 867. The maximum Gasteiger partial charge on any atom is 0.225 e. The van der Waals surface area contributed by atoms with Gasteiger partial charge in [0.05, 0.1) is 16.4 Å². The summed E-state index contributed by atoms with van der Waals surface area (Å²) in [5.74, 6) is 1.30. The first-order chi connectivity index (χ1) is 13.1. The van der Waals surface area contributed by atoms with E-state index in [0.717, 1.165) is 36.5 Å². The molecular weight excluding hydrogens is 358 g/mol. The van der Waals surface area contributed by atoms with E-state index in [0.29, 0.717) is 16.8 Å². The van der Waals surface area contributed by atoms with Gasteiger partial charge in [0.2, 0.25) is 5.95 Å². The second-order valence-electron chi connectivity index (χ2n) is 6.52. The van der Waals surface area contributed by atoms with Gasteiger partial charge in [0, 0.05) is 18.2 Å². The highest BCUT2D eigenvalue weighted by molar-refractivity contribution is 6.33. The lowest BCUT2D eigenvalue weighted by atomic mass is 10.1. The number of nitrogens with zero attached hydrogens (tertiary/aromatic N) is 3. The van der Waals surface area contributed by atoms with Gasteiger partial charge in [0.15, 0.2) is 0 Å². The highest BCUT2D eigenvalue weighted by Gasteiger charge is 2.08. The molecule has 0 saturated carbocycles. The third-order valence-corrected chi connectivity index (χ3v) is 4.33. The Kier molecular flexibility index (Phi) is 6.63. The average Bonchev–Trinajstić information content (AvgIpc) is 2.67. The number of hydrogen-bond donors (Lipinski definition) is 2. The molecule has 0 atom stereocenters. The average molecular weight is 382 g/mol. The lowest BCUT2D eigenvalue weighted by Crippen LogP contribution is -2.17. The quantitative estimate of drug-likeness (QED) is 0.543. The van der Waals surface area contributed by atoms with Crippen LogP contribution in [0.15, 0.2) is 60.7 Å². The molecule has 3 rings (SSSR count). The van der Waals surface area contributed by atoms with Gasteiger partial charge in [-0.3, -0.25) is 0 Å². The molecule has 2 aromatic carbocycles. The van der Waals surface area contributed by atoms with E-state index in [4.69, 9.17) is 11.6 Å². The molecule has 0 bridgehead atoms. The molecule has 0 spiro atoms. The summed E-state index contributed by atoms with van der Waals surface area (Å²) in [6, 6.07) is 19.6. The molecule has 1 heterocycles. The summed E-state index contributed by atoms with van der Waals surface area (Å²) in [4.78, 5) is 11.4. The molecule has 1 aromatic heterocycles. The molecule has 27 heavy (non-hydrogen) atoms. The number of anilines is 3. The number of nitrogens with one attached hydrogen (secondary N) is 2. The molecule has 140 valence electrons. The van der Waals surface area contributed by atoms with E-state index in [1.165, 1.54) is 0 Å². The van der Waals surface area contributed by atoms with Crippen LogP contribution in [0.3, 0.4) is 0 Å². The van der Waals surface area contributed by atoms with Crippen LogP contribution >= 0.6 is 11.6 Å². The van der Waals surface area contributed by atoms with Gasteiger partial charge in [-0.1, -0.05) is 54.1 Å². The normalized spacial score (nSPS) is 10.8. The van der Waals surface area contributed by atoms with Gasteiger partial charge in [-0.05, 0) is 39.2 Å². The largest absolute Gasteiger partial charge is 0.354 e.